The molecule has 0 spiro atoms. The lowest BCUT2D eigenvalue weighted by molar-refractivity contribution is 1.10. The Morgan fingerprint density at radius 1 is 1.29 bits per heavy atom. The number of aryl methyl sites for hydroxylation is 1. The van der Waals surface area contributed by atoms with Gasteiger partial charge in [-0.2, -0.15) is 9.97 Å². The van der Waals surface area contributed by atoms with Crippen molar-refractivity contribution >= 4 is 44.5 Å². The van der Waals surface area contributed by atoms with Crippen molar-refractivity contribution < 1.29 is 0 Å². The summed E-state index contributed by atoms with van der Waals surface area (Å²) in [4.78, 5) is 16.1. The van der Waals surface area contributed by atoms with Gasteiger partial charge in [0.1, 0.15) is 5.52 Å². The van der Waals surface area contributed by atoms with Gasteiger partial charge in [0.2, 0.25) is 5.95 Å². The molecule has 0 saturated carbocycles. The molecule has 0 aliphatic rings. The van der Waals surface area contributed by atoms with Gasteiger partial charge in [-0.15, -0.1) is 0 Å². The van der Waals surface area contributed by atoms with Crippen LogP contribution in [0.25, 0.3) is 11.2 Å². The topological polar surface area (TPSA) is 78.5 Å². The maximum absolute atomic E-state index is 4.51. The third-order valence-corrected chi connectivity index (χ3v) is 3.57. The molecule has 2 heterocycles. The lowest BCUT2D eigenvalue weighted by Crippen LogP contribution is -2.05. The van der Waals surface area contributed by atoms with Crippen molar-refractivity contribution in [2.45, 2.75) is 13.8 Å². The lowest BCUT2D eigenvalue weighted by atomic mass is 10.2. The van der Waals surface area contributed by atoms with E-state index in [0.717, 1.165) is 27.8 Å². The molecule has 0 radical (unpaired) electrons. The maximum Gasteiger partial charge on any atom is 0.226 e. The second kappa shape index (κ2) is 5.69. The Labute approximate surface area is 130 Å². The highest BCUT2D eigenvalue weighted by Gasteiger charge is 2.11. The van der Waals surface area contributed by atoms with E-state index < -0.39 is 0 Å². The standard InChI is InChI=1S/C14H15BrN6/c1-3-16-14-20-12-11(17-7-18-12)13(21-14)19-10-6-9(15)5-4-8(10)2/h4-7H,3H2,1-2H3,(H3,16,17,18,19,20,21). The van der Waals surface area contributed by atoms with Crippen molar-refractivity contribution in [1.82, 2.24) is 19.9 Å². The second-order valence-corrected chi connectivity index (χ2v) is 5.53. The van der Waals surface area contributed by atoms with E-state index in [1.807, 2.05) is 32.0 Å². The Balaban J connectivity index is 2.06. The van der Waals surface area contributed by atoms with Crippen LogP contribution in [0.4, 0.5) is 17.5 Å². The zero-order chi connectivity index (χ0) is 14.8. The Kier molecular flexibility index (Phi) is 3.74. The highest BCUT2D eigenvalue weighted by molar-refractivity contribution is 9.10. The summed E-state index contributed by atoms with van der Waals surface area (Å²) in [5, 5.41) is 6.46. The summed E-state index contributed by atoms with van der Waals surface area (Å²) in [5.41, 5.74) is 3.54. The van der Waals surface area contributed by atoms with Crippen LogP contribution < -0.4 is 10.6 Å². The monoisotopic (exact) mass is 346 g/mol. The highest BCUT2D eigenvalue weighted by Crippen LogP contribution is 2.27. The van der Waals surface area contributed by atoms with Gasteiger partial charge in [-0.25, -0.2) is 4.98 Å². The molecular formula is C14H15BrN6. The molecule has 3 aromatic rings. The molecule has 7 heteroatoms. The van der Waals surface area contributed by atoms with Gasteiger partial charge in [0.15, 0.2) is 11.5 Å². The van der Waals surface area contributed by atoms with Crippen molar-refractivity contribution in [2.24, 2.45) is 0 Å². The SMILES string of the molecule is CCNc1nc(Nc2cc(Br)ccc2C)c2[nH]cnc2n1. The van der Waals surface area contributed by atoms with E-state index in [9.17, 15) is 0 Å². The minimum Gasteiger partial charge on any atom is -0.354 e. The minimum atomic E-state index is 0.562. The van der Waals surface area contributed by atoms with E-state index in [0.29, 0.717) is 17.4 Å². The van der Waals surface area contributed by atoms with E-state index >= 15 is 0 Å². The number of aromatic nitrogens is 4. The van der Waals surface area contributed by atoms with E-state index in [1.54, 1.807) is 6.33 Å². The van der Waals surface area contributed by atoms with Crippen LogP contribution in [0.3, 0.4) is 0 Å². The van der Waals surface area contributed by atoms with Crippen LogP contribution in [0.1, 0.15) is 12.5 Å². The molecule has 3 rings (SSSR count). The Morgan fingerprint density at radius 2 is 2.14 bits per heavy atom. The molecule has 1 aromatic carbocycles. The fourth-order valence-corrected chi connectivity index (χ4v) is 2.38. The predicted octanol–water partition coefficient (Wildman–Crippen LogP) is 3.60. The molecule has 3 N–H and O–H groups in total. The number of nitrogens with zero attached hydrogens (tertiary/aromatic N) is 3. The first-order chi connectivity index (χ1) is 10.2. The number of imidazole rings is 1. The largest absolute Gasteiger partial charge is 0.354 e. The van der Waals surface area contributed by atoms with Gasteiger partial charge in [-0.3, -0.25) is 0 Å². The van der Waals surface area contributed by atoms with E-state index in [-0.39, 0.29) is 0 Å². The van der Waals surface area contributed by atoms with Crippen molar-refractivity contribution in [3.8, 4) is 0 Å². The third kappa shape index (κ3) is 2.82. The summed E-state index contributed by atoms with van der Waals surface area (Å²) >= 11 is 3.49. The summed E-state index contributed by atoms with van der Waals surface area (Å²) in [7, 11) is 0. The van der Waals surface area contributed by atoms with Crippen LogP contribution >= 0.6 is 15.9 Å². The van der Waals surface area contributed by atoms with Gasteiger partial charge in [0.05, 0.1) is 6.33 Å². The predicted molar refractivity (Wildman–Crippen MR) is 88.0 cm³/mol. The second-order valence-electron chi connectivity index (χ2n) is 4.61. The Hall–Kier alpha value is -2.15. The van der Waals surface area contributed by atoms with Crippen molar-refractivity contribution in [1.29, 1.82) is 0 Å². The summed E-state index contributed by atoms with van der Waals surface area (Å²) < 4.78 is 1.01. The lowest BCUT2D eigenvalue weighted by Gasteiger charge is -2.11. The molecule has 6 nitrogen and oxygen atoms in total. The molecule has 2 aromatic heterocycles. The van der Waals surface area contributed by atoms with Crippen molar-refractivity contribution in [3.05, 3.63) is 34.6 Å². The molecule has 0 unspecified atom stereocenters. The van der Waals surface area contributed by atoms with E-state index in [2.05, 4.69) is 46.5 Å². The number of hydrogen-bond acceptors (Lipinski definition) is 5. The maximum atomic E-state index is 4.51. The molecule has 108 valence electrons. The quantitative estimate of drug-likeness (QED) is 0.672. The molecule has 0 aliphatic heterocycles. The van der Waals surface area contributed by atoms with Gasteiger partial charge < -0.3 is 15.6 Å². The van der Waals surface area contributed by atoms with Crippen molar-refractivity contribution in [3.63, 3.8) is 0 Å². The van der Waals surface area contributed by atoms with Crippen LogP contribution in [0.15, 0.2) is 29.0 Å². The number of halogens is 1. The third-order valence-electron chi connectivity index (χ3n) is 3.07. The summed E-state index contributed by atoms with van der Waals surface area (Å²) in [6, 6.07) is 6.08. The van der Waals surface area contributed by atoms with Gasteiger partial charge in [-0.1, -0.05) is 22.0 Å². The number of anilines is 3. The average Bonchev–Trinajstić information content (AvgIpc) is 2.92. The number of rotatable bonds is 4. The van der Waals surface area contributed by atoms with Gasteiger partial charge in [0, 0.05) is 16.7 Å². The van der Waals surface area contributed by atoms with E-state index in [4.69, 9.17) is 0 Å². The normalized spacial score (nSPS) is 10.8. The average molecular weight is 347 g/mol. The molecule has 0 bridgehead atoms. The molecule has 0 fully saturated rings. The number of benzene rings is 1. The summed E-state index contributed by atoms with van der Waals surface area (Å²) in [6.07, 6.45) is 1.62. The zero-order valence-corrected chi connectivity index (χ0v) is 13.3. The summed E-state index contributed by atoms with van der Waals surface area (Å²) in [6.45, 7) is 4.81. The van der Waals surface area contributed by atoms with Crippen LogP contribution in [0, 0.1) is 6.92 Å². The fraction of sp³-hybridized carbons (Fsp3) is 0.214. The minimum absolute atomic E-state index is 0.562. The molecule has 0 amide bonds. The van der Waals surface area contributed by atoms with Crippen LogP contribution in [-0.2, 0) is 0 Å². The fourth-order valence-electron chi connectivity index (χ4n) is 2.02. The summed E-state index contributed by atoms with van der Waals surface area (Å²) in [5.74, 6) is 1.27. The first kappa shape index (κ1) is 13.8. The van der Waals surface area contributed by atoms with Crippen molar-refractivity contribution in [2.75, 3.05) is 17.2 Å². The van der Waals surface area contributed by atoms with Crippen LogP contribution in [-0.4, -0.2) is 26.5 Å². The molecule has 0 aliphatic carbocycles. The molecule has 21 heavy (non-hydrogen) atoms. The zero-order valence-electron chi connectivity index (χ0n) is 11.7. The molecule has 0 atom stereocenters. The first-order valence-electron chi connectivity index (χ1n) is 6.65. The van der Waals surface area contributed by atoms with Crippen LogP contribution in [0.5, 0.6) is 0 Å². The number of H-pyrrole nitrogens is 1. The number of fused-ring (bicyclic) bond motifs is 1. The Bertz CT molecular complexity index is 782. The number of hydrogen-bond donors (Lipinski definition) is 3. The highest BCUT2D eigenvalue weighted by atomic mass is 79.9. The van der Waals surface area contributed by atoms with Gasteiger partial charge in [0.25, 0.3) is 0 Å². The molecular weight excluding hydrogens is 332 g/mol. The van der Waals surface area contributed by atoms with Crippen LogP contribution in [0.2, 0.25) is 0 Å². The number of aromatic amines is 1. The van der Waals surface area contributed by atoms with Gasteiger partial charge in [-0.05, 0) is 31.5 Å². The smallest absolute Gasteiger partial charge is 0.226 e. The first-order valence-corrected chi connectivity index (χ1v) is 7.45. The number of nitrogens with one attached hydrogen (secondary N) is 3. The Morgan fingerprint density at radius 3 is 2.95 bits per heavy atom. The van der Waals surface area contributed by atoms with E-state index in [1.165, 1.54) is 0 Å². The van der Waals surface area contributed by atoms with Gasteiger partial charge >= 0.3 is 0 Å². The molecule has 0 saturated heterocycles.